The maximum atomic E-state index is 14.0. The van der Waals surface area contributed by atoms with Crippen molar-refractivity contribution < 1.29 is 18.0 Å². The molecule has 8 heteroatoms. The molecule has 0 saturated heterocycles. The second-order valence-electron chi connectivity index (χ2n) is 9.41. The SMILES string of the molecule is CC[C@H](C)NC(=O)[C@H](CC)N(Cc1ccccc1)C(=O)CN(c1ccccc1)S(=O)(=O)c1ccc(C)cc1. The van der Waals surface area contributed by atoms with Crippen molar-refractivity contribution in [2.45, 2.75) is 64.1 Å². The molecule has 0 aromatic heterocycles. The van der Waals surface area contributed by atoms with Crippen LogP contribution in [-0.4, -0.2) is 43.8 Å². The van der Waals surface area contributed by atoms with E-state index < -0.39 is 28.5 Å². The number of amides is 2. The number of anilines is 1. The zero-order valence-corrected chi connectivity index (χ0v) is 23.3. The molecule has 7 nitrogen and oxygen atoms in total. The van der Waals surface area contributed by atoms with Crippen LogP contribution in [0.15, 0.2) is 89.8 Å². The van der Waals surface area contributed by atoms with Crippen LogP contribution >= 0.6 is 0 Å². The van der Waals surface area contributed by atoms with Crippen LogP contribution in [0.25, 0.3) is 0 Å². The van der Waals surface area contributed by atoms with Gasteiger partial charge in [0.25, 0.3) is 10.0 Å². The van der Waals surface area contributed by atoms with Crippen molar-refractivity contribution in [2.75, 3.05) is 10.8 Å². The Morgan fingerprint density at radius 3 is 1.97 bits per heavy atom. The summed E-state index contributed by atoms with van der Waals surface area (Å²) in [6.07, 6.45) is 1.14. The Morgan fingerprint density at radius 1 is 0.842 bits per heavy atom. The molecular formula is C30H37N3O4S. The molecule has 2 amide bonds. The minimum Gasteiger partial charge on any atom is -0.352 e. The van der Waals surface area contributed by atoms with Gasteiger partial charge in [-0.3, -0.25) is 13.9 Å². The highest BCUT2D eigenvalue weighted by atomic mass is 32.2. The van der Waals surface area contributed by atoms with Gasteiger partial charge in [-0.15, -0.1) is 0 Å². The third-order valence-corrected chi connectivity index (χ3v) is 8.30. The summed E-state index contributed by atoms with van der Waals surface area (Å²) in [6, 6.07) is 23.7. The second-order valence-corrected chi connectivity index (χ2v) is 11.3. The van der Waals surface area contributed by atoms with E-state index in [2.05, 4.69) is 5.32 Å². The molecule has 3 aromatic carbocycles. The monoisotopic (exact) mass is 535 g/mol. The number of nitrogens with one attached hydrogen (secondary N) is 1. The van der Waals surface area contributed by atoms with Crippen LogP contribution in [0, 0.1) is 6.92 Å². The molecule has 0 aliphatic rings. The number of rotatable bonds is 12. The van der Waals surface area contributed by atoms with Gasteiger partial charge in [-0.25, -0.2) is 8.42 Å². The number of benzene rings is 3. The summed E-state index contributed by atoms with van der Waals surface area (Å²) >= 11 is 0. The summed E-state index contributed by atoms with van der Waals surface area (Å²) in [5, 5.41) is 2.98. The summed E-state index contributed by atoms with van der Waals surface area (Å²) in [5.74, 6) is -0.710. The molecule has 0 unspecified atom stereocenters. The summed E-state index contributed by atoms with van der Waals surface area (Å²) in [6.45, 7) is 7.36. The Morgan fingerprint density at radius 2 is 1.42 bits per heavy atom. The largest absolute Gasteiger partial charge is 0.352 e. The third-order valence-electron chi connectivity index (χ3n) is 6.51. The van der Waals surface area contributed by atoms with Crippen LogP contribution in [0.5, 0.6) is 0 Å². The Hall–Kier alpha value is -3.65. The number of carbonyl (C=O) groups excluding carboxylic acids is 2. The molecule has 0 bridgehead atoms. The topological polar surface area (TPSA) is 86.8 Å². The van der Waals surface area contributed by atoms with Gasteiger partial charge in [0.05, 0.1) is 10.6 Å². The van der Waals surface area contributed by atoms with Crippen molar-refractivity contribution in [3.63, 3.8) is 0 Å². The maximum Gasteiger partial charge on any atom is 0.264 e. The predicted octanol–water partition coefficient (Wildman–Crippen LogP) is 4.91. The fourth-order valence-corrected chi connectivity index (χ4v) is 5.52. The molecule has 0 saturated carbocycles. The van der Waals surface area contributed by atoms with Crippen molar-refractivity contribution >= 4 is 27.5 Å². The maximum absolute atomic E-state index is 14.0. The molecule has 0 spiro atoms. The summed E-state index contributed by atoms with van der Waals surface area (Å²) < 4.78 is 28.7. The van der Waals surface area contributed by atoms with Crippen LogP contribution < -0.4 is 9.62 Å². The van der Waals surface area contributed by atoms with Gasteiger partial charge in [0.15, 0.2) is 0 Å². The zero-order chi connectivity index (χ0) is 27.7. The molecule has 1 N–H and O–H groups in total. The van der Waals surface area contributed by atoms with Gasteiger partial charge in [0.1, 0.15) is 12.6 Å². The van der Waals surface area contributed by atoms with Crippen LogP contribution in [0.2, 0.25) is 0 Å². The number of hydrogen-bond acceptors (Lipinski definition) is 4. The highest BCUT2D eigenvalue weighted by molar-refractivity contribution is 7.92. The first kappa shape index (κ1) is 28.9. The average molecular weight is 536 g/mol. The van der Waals surface area contributed by atoms with Gasteiger partial charge in [-0.1, -0.05) is 80.1 Å². The molecule has 2 atom stereocenters. The van der Waals surface area contributed by atoms with Crippen LogP contribution in [0.3, 0.4) is 0 Å². The highest BCUT2D eigenvalue weighted by Gasteiger charge is 2.33. The van der Waals surface area contributed by atoms with Gasteiger partial charge >= 0.3 is 0 Å². The summed E-state index contributed by atoms with van der Waals surface area (Å²) in [5.41, 5.74) is 2.15. The molecule has 3 aromatic rings. The van der Waals surface area contributed by atoms with Crippen molar-refractivity contribution in [3.8, 4) is 0 Å². The number of carbonyl (C=O) groups is 2. The molecule has 0 heterocycles. The predicted molar refractivity (Wildman–Crippen MR) is 151 cm³/mol. The summed E-state index contributed by atoms with van der Waals surface area (Å²) in [7, 11) is -4.06. The van der Waals surface area contributed by atoms with E-state index in [4.69, 9.17) is 0 Å². The Bertz CT molecular complexity index is 1300. The van der Waals surface area contributed by atoms with E-state index in [9.17, 15) is 18.0 Å². The average Bonchev–Trinajstić information content (AvgIpc) is 2.92. The summed E-state index contributed by atoms with van der Waals surface area (Å²) in [4.78, 5) is 28.8. The molecular weight excluding hydrogens is 498 g/mol. The first-order valence-electron chi connectivity index (χ1n) is 13.0. The Labute approximate surface area is 226 Å². The lowest BCUT2D eigenvalue weighted by Gasteiger charge is -2.33. The van der Waals surface area contributed by atoms with Crippen molar-refractivity contribution in [1.82, 2.24) is 10.2 Å². The van der Waals surface area contributed by atoms with Gasteiger partial charge < -0.3 is 10.2 Å². The number of aryl methyl sites for hydroxylation is 1. The number of sulfonamides is 1. The molecule has 3 rings (SSSR count). The van der Waals surface area contributed by atoms with Gasteiger partial charge in [0.2, 0.25) is 11.8 Å². The van der Waals surface area contributed by atoms with E-state index in [-0.39, 0.29) is 23.4 Å². The molecule has 0 aliphatic heterocycles. The minimum absolute atomic E-state index is 0.0482. The first-order chi connectivity index (χ1) is 18.2. The van der Waals surface area contributed by atoms with Crippen LogP contribution in [-0.2, 0) is 26.2 Å². The zero-order valence-electron chi connectivity index (χ0n) is 22.5. The van der Waals surface area contributed by atoms with E-state index in [1.807, 2.05) is 58.0 Å². The van der Waals surface area contributed by atoms with E-state index >= 15 is 0 Å². The van der Waals surface area contributed by atoms with E-state index in [1.54, 1.807) is 54.6 Å². The van der Waals surface area contributed by atoms with E-state index in [1.165, 1.54) is 4.90 Å². The van der Waals surface area contributed by atoms with Crippen molar-refractivity contribution in [2.24, 2.45) is 0 Å². The van der Waals surface area contributed by atoms with E-state index in [0.29, 0.717) is 12.1 Å². The standard InChI is InChI=1S/C30H37N3O4S/c1-5-24(4)31-30(35)28(6-2)32(21-25-13-9-7-10-14-25)29(34)22-33(26-15-11-8-12-16-26)38(36,37)27-19-17-23(3)18-20-27/h7-20,24,28H,5-6,21-22H2,1-4H3,(H,31,35)/t24-,28-/m0/s1. The molecule has 0 fully saturated rings. The Kier molecular flexibility index (Phi) is 10.1. The van der Waals surface area contributed by atoms with E-state index in [0.717, 1.165) is 21.9 Å². The molecule has 202 valence electrons. The second kappa shape index (κ2) is 13.2. The number of hydrogen-bond donors (Lipinski definition) is 1. The molecule has 38 heavy (non-hydrogen) atoms. The first-order valence-corrected chi connectivity index (χ1v) is 14.4. The van der Waals surface area contributed by atoms with Gasteiger partial charge in [-0.05, 0) is 56.5 Å². The third kappa shape index (κ3) is 7.22. The lowest BCUT2D eigenvalue weighted by Crippen LogP contribution is -2.53. The number of nitrogens with zero attached hydrogens (tertiary/aromatic N) is 2. The Balaban J connectivity index is 2.01. The fourth-order valence-electron chi connectivity index (χ4n) is 4.10. The number of para-hydroxylation sites is 1. The van der Waals surface area contributed by atoms with Crippen LogP contribution in [0.4, 0.5) is 5.69 Å². The van der Waals surface area contributed by atoms with Gasteiger partial charge in [-0.2, -0.15) is 0 Å². The van der Waals surface area contributed by atoms with Crippen LogP contribution in [0.1, 0.15) is 44.7 Å². The lowest BCUT2D eigenvalue weighted by atomic mass is 10.1. The van der Waals surface area contributed by atoms with Gasteiger partial charge in [0, 0.05) is 12.6 Å². The lowest BCUT2D eigenvalue weighted by molar-refractivity contribution is -0.140. The van der Waals surface area contributed by atoms with Crippen molar-refractivity contribution in [3.05, 3.63) is 96.1 Å². The quantitative estimate of drug-likeness (QED) is 0.357. The highest BCUT2D eigenvalue weighted by Crippen LogP contribution is 2.25. The minimum atomic E-state index is -4.06. The molecule has 0 radical (unpaired) electrons. The normalized spacial score (nSPS) is 12.8. The fraction of sp³-hybridized carbons (Fsp3) is 0.333. The van der Waals surface area contributed by atoms with Crippen molar-refractivity contribution in [1.29, 1.82) is 0 Å². The molecule has 0 aliphatic carbocycles. The smallest absolute Gasteiger partial charge is 0.264 e.